The first-order chi connectivity index (χ1) is 10.1. The first-order valence-corrected chi connectivity index (χ1v) is 7.45. The molecular weight excluding hydrogens is 262 g/mol. The number of ether oxygens (including phenoxy) is 1. The van der Waals surface area contributed by atoms with Gasteiger partial charge >= 0.3 is 0 Å². The molecule has 4 nitrogen and oxygen atoms in total. The summed E-state index contributed by atoms with van der Waals surface area (Å²) in [5, 5.41) is 3.64. The molecule has 114 valence electrons. The molecular formula is C17H25N3O. The van der Waals surface area contributed by atoms with E-state index < -0.39 is 0 Å². The van der Waals surface area contributed by atoms with Gasteiger partial charge in [0.05, 0.1) is 12.9 Å². The molecule has 0 fully saturated rings. The number of nitrogens with zero attached hydrogens (tertiary/aromatic N) is 2. The minimum absolute atomic E-state index is 0.296. The molecule has 21 heavy (non-hydrogen) atoms. The highest BCUT2D eigenvalue weighted by molar-refractivity contribution is 5.35. The van der Waals surface area contributed by atoms with E-state index in [0.29, 0.717) is 18.0 Å². The Kier molecular flexibility index (Phi) is 5.53. The summed E-state index contributed by atoms with van der Waals surface area (Å²) in [6.07, 6.45) is 5.55. The molecule has 0 saturated carbocycles. The molecule has 1 N–H and O–H groups in total. The van der Waals surface area contributed by atoms with Crippen LogP contribution in [0.3, 0.4) is 0 Å². The smallest absolute Gasteiger partial charge is 0.0991 e. The van der Waals surface area contributed by atoms with E-state index in [1.165, 1.54) is 5.56 Å². The standard InChI is InChI=1S/C17H25N3O/c1-13(2)17(11-21-4)19-14(3)15-5-7-16(8-6-15)20-10-9-18-12-20/h5-10,12-14,17,19H,11H2,1-4H3. The summed E-state index contributed by atoms with van der Waals surface area (Å²) in [6, 6.07) is 9.22. The maximum absolute atomic E-state index is 5.30. The summed E-state index contributed by atoms with van der Waals surface area (Å²) in [4.78, 5) is 4.07. The monoisotopic (exact) mass is 287 g/mol. The van der Waals surface area contributed by atoms with Gasteiger partial charge in [-0.05, 0) is 30.5 Å². The third-order valence-corrected chi connectivity index (χ3v) is 3.81. The van der Waals surface area contributed by atoms with Gasteiger partial charge in [0.1, 0.15) is 0 Å². The molecule has 2 atom stereocenters. The van der Waals surface area contributed by atoms with Crippen LogP contribution in [0.25, 0.3) is 5.69 Å². The van der Waals surface area contributed by atoms with E-state index in [1.807, 2.05) is 17.1 Å². The molecule has 0 saturated heterocycles. The Hall–Kier alpha value is -1.65. The van der Waals surface area contributed by atoms with Gasteiger partial charge in [-0.1, -0.05) is 26.0 Å². The van der Waals surface area contributed by atoms with Crippen LogP contribution in [0.15, 0.2) is 43.0 Å². The molecule has 2 rings (SSSR count). The van der Waals surface area contributed by atoms with Gasteiger partial charge in [0.15, 0.2) is 0 Å². The second kappa shape index (κ2) is 7.38. The first kappa shape index (κ1) is 15.7. The zero-order valence-corrected chi connectivity index (χ0v) is 13.3. The molecule has 2 aromatic rings. The Balaban J connectivity index is 2.04. The zero-order chi connectivity index (χ0) is 15.2. The SMILES string of the molecule is COCC(NC(C)c1ccc(-n2ccnc2)cc1)C(C)C. The van der Waals surface area contributed by atoms with Crippen LogP contribution in [0.1, 0.15) is 32.4 Å². The Morgan fingerprint density at radius 3 is 2.43 bits per heavy atom. The highest BCUT2D eigenvalue weighted by Gasteiger charge is 2.16. The fourth-order valence-corrected chi connectivity index (χ4v) is 2.38. The topological polar surface area (TPSA) is 39.1 Å². The van der Waals surface area contributed by atoms with Crippen molar-refractivity contribution in [3.63, 3.8) is 0 Å². The van der Waals surface area contributed by atoms with Crippen molar-refractivity contribution in [2.75, 3.05) is 13.7 Å². The summed E-state index contributed by atoms with van der Waals surface area (Å²) >= 11 is 0. The van der Waals surface area contributed by atoms with Gasteiger partial charge < -0.3 is 14.6 Å². The van der Waals surface area contributed by atoms with E-state index >= 15 is 0 Å². The summed E-state index contributed by atoms with van der Waals surface area (Å²) in [6.45, 7) is 7.35. The number of imidazole rings is 1. The van der Waals surface area contributed by atoms with E-state index in [9.17, 15) is 0 Å². The molecule has 0 spiro atoms. The summed E-state index contributed by atoms with van der Waals surface area (Å²) in [7, 11) is 1.75. The molecule has 0 bridgehead atoms. The second-order valence-electron chi connectivity index (χ2n) is 5.76. The fraction of sp³-hybridized carbons (Fsp3) is 0.471. The lowest BCUT2D eigenvalue weighted by Gasteiger charge is -2.26. The van der Waals surface area contributed by atoms with Crippen LogP contribution >= 0.6 is 0 Å². The Morgan fingerprint density at radius 2 is 1.90 bits per heavy atom. The highest BCUT2D eigenvalue weighted by atomic mass is 16.5. The fourth-order valence-electron chi connectivity index (χ4n) is 2.38. The zero-order valence-electron chi connectivity index (χ0n) is 13.3. The Bertz CT molecular complexity index is 519. The van der Waals surface area contributed by atoms with Crippen LogP contribution in [0.2, 0.25) is 0 Å². The van der Waals surface area contributed by atoms with E-state index in [4.69, 9.17) is 4.74 Å². The predicted octanol–water partition coefficient (Wildman–Crippen LogP) is 3.19. The quantitative estimate of drug-likeness (QED) is 0.850. The molecule has 0 aliphatic carbocycles. The van der Waals surface area contributed by atoms with Crippen molar-refractivity contribution in [3.05, 3.63) is 48.5 Å². The van der Waals surface area contributed by atoms with E-state index in [0.717, 1.165) is 12.3 Å². The molecule has 0 radical (unpaired) electrons. The number of rotatable bonds is 7. The van der Waals surface area contributed by atoms with Crippen molar-refractivity contribution in [2.24, 2.45) is 5.92 Å². The average molecular weight is 287 g/mol. The number of hydrogen-bond donors (Lipinski definition) is 1. The first-order valence-electron chi connectivity index (χ1n) is 7.45. The van der Waals surface area contributed by atoms with Crippen molar-refractivity contribution < 1.29 is 4.74 Å². The lowest BCUT2D eigenvalue weighted by Crippen LogP contribution is -2.39. The largest absolute Gasteiger partial charge is 0.383 e. The van der Waals surface area contributed by atoms with E-state index in [1.54, 1.807) is 13.3 Å². The van der Waals surface area contributed by atoms with Gasteiger partial charge in [0.2, 0.25) is 0 Å². The molecule has 0 aliphatic heterocycles. The van der Waals surface area contributed by atoms with Crippen LogP contribution in [0, 0.1) is 5.92 Å². The maximum atomic E-state index is 5.30. The average Bonchev–Trinajstić information content (AvgIpc) is 3.01. The number of hydrogen-bond acceptors (Lipinski definition) is 3. The van der Waals surface area contributed by atoms with Crippen molar-refractivity contribution in [1.29, 1.82) is 0 Å². The van der Waals surface area contributed by atoms with Gasteiger partial charge in [-0.25, -0.2) is 4.98 Å². The van der Waals surface area contributed by atoms with Crippen LogP contribution in [0.5, 0.6) is 0 Å². The van der Waals surface area contributed by atoms with Gasteiger partial charge in [-0.2, -0.15) is 0 Å². The molecule has 1 heterocycles. The van der Waals surface area contributed by atoms with E-state index in [-0.39, 0.29) is 0 Å². The Labute approximate surface area is 127 Å². The van der Waals surface area contributed by atoms with Gasteiger partial charge in [-0.3, -0.25) is 0 Å². The highest BCUT2D eigenvalue weighted by Crippen LogP contribution is 2.17. The number of methoxy groups -OCH3 is 1. The summed E-state index contributed by atoms with van der Waals surface area (Å²) in [5.41, 5.74) is 2.40. The van der Waals surface area contributed by atoms with Crippen LogP contribution < -0.4 is 5.32 Å². The maximum Gasteiger partial charge on any atom is 0.0991 e. The third-order valence-electron chi connectivity index (χ3n) is 3.81. The minimum Gasteiger partial charge on any atom is -0.383 e. The number of benzene rings is 1. The van der Waals surface area contributed by atoms with Gasteiger partial charge in [0, 0.05) is 37.3 Å². The van der Waals surface area contributed by atoms with Crippen LogP contribution in [-0.2, 0) is 4.74 Å². The normalized spacial score (nSPS) is 14.3. The molecule has 1 aromatic carbocycles. The molecule has 0 amide bonds. The minimum atomic E-state index is 0.296. The number of aromatic nitrogens is 2. The van der Waals surface area contributed by atoms with Gasteiger partial charge in [-0.15, -0.1) is 0 Å². The molecule has 0 aliphatic rings. The van der Waals surface area contributed by atoms with Crippen LogP contribution in [-0.4, -0.2) is 29.3 Å². The second-order valence-corrected chi connectivity index (χ2v) is 5.76. The lowest BCUT2D eigenvalue weighted by molar-refractivity contribution is 0.141. The summed E-state index contributed by atoms with van der Waals surface area (Å²) < 4.78 is 7.30. The van der Waals surface area contributed by atoms with E-state index in [2.05, 4.69) is 55.3 Å². The van der Waals surface area contributed by atoms with Gasteiger partial charge in [0.25, 0.3) is 0 Å². The Morgan fingerprint density at radius 1 is 1.19 bits per heavy atom. The van der Waals surface area contributed by atoms with Crippen molar-refractivity contribution in [3.8, 4) is 5.69 Å². The molecule has 1 aromatic heterocycles. The lowest BCUT2D eigenvalue weighted by atomic mass is 10.0. The third kappa shape index (κ3) is 4.16. The summed E-state index contributed by atoms with van der Waals surface area (Å²) in [5.74, 6) is 0.539. The molecule has 4 heteroatoms. The van der Waals surface area contributed by atoms with Crippen molar-refractivity contribution >= 4 is 0 Å². The van der Waals surface area contributed by atoms with Crippen LogP contribution in [0.4, 0.5) is 0 Å². The van der Waals surface area contributed by atoms with Crippen molar-refractivity contribution in [2.45, 2.75) is 32.9 Å². The molecule has 2 unspecified atom stereocenters. The predicted molar refractivity (Wildman–Crippen MR) is 85.6 cm³/mol. The van der Waals surface area contributed by atoms with Crippen molar-refractivity contribution in [1.82, 2.24) is 14.9 Å². The number of nitrogens with one attached hydrogen (secondary N) is 1.